The van der Waals surface area contributed by atoms with Crippen molar-refractivity contribution in [3.8, 4) is 0 Å². The van der Waals surface area contributed by atoms with E-state index in [-0.39, 0.29) is 24.1 Å². The van der Waals surface area contributed by atoms with Gasteiger partial charge in [-0.2, -0.15) is 5.10 Å². The van der Waals surface area contributed by atoms with Crippen LogP contribution in [0.5, 0.6) is 0 Å². The van der Waals surface area contributed by atoms with Gasteiger partial charge in [0.05, 0.1) is 22.8 Å². The lowest BCUT2D eigenvalue weighted by Gasteiger charge is -2.19. The Bertz CT molecular complexity index is 1080. The first-order valence-corrected chi connectivity index (χ1v) is 9.21. The van der Waals surface area contributed by atoms with E-state index in [9.17, 15) is 9.59 Å². The Labute approximate surface area is 157 Å². The van der Waals surface area contributed by atoms with E-state index in [2.05, 4.69) is 16.1 Å². The zero-order valence-corrected chi connectivity index (χ0v) is 15.8. The molecule has 140 valence electrons. The molecule has 1 saturated heterocycles. The lowest BCUT2D eigenvalue weighted by atomic mass is 10.2. The summed E-state index contributed by atoms with van der Waals surface area (Å²) in [6.07, 6.45) is 0.874. The molecule has 3 heterocycles. The molecular weight excluding hydrogens is 342 g/mol. The van der Waals surface area contributed by atoms with Gasteiger partial charge < -0.3 is 4.90 Å². The fourth-order valence-corrected chi connectivity index (χ4v) is 3.90. The van der Waals surface area contributed by atoms with Crippen LogP contribution in [0.15, 0.2) is 35.1 Å². The number of amides is 1. The molecule has 0 radical (unpaired) electrons. The smallest absolute Gasteiger partial charge is 0.272 e. The summed E-state index contributed by atoms with van der Waals surface area (Å²) >= 11 is 0. The Hall–Kier alpha value is -2.96. The van der Waals surface area contributed by atoms with E-state index in [0.717, 1.165) is 23.3 Å². The molecule has 0 unspecified atom stereocenters. The quantitative estimate of drug-likeness (QED) is 0.712. The van der Waals surface area contributed by atoms with Crippen molar-refractivity contribution in [2.75, 3.05) is 13.1 Å². The Balaban J connectivity index is 1.57. The molecule has 2 aromatic heterocycles. The normalized spacial score (nSPS) is 17.0. The number of nitrogens with zero attached hydrogens (tertiary/aromatic N) is 5. The Morgan fingerprint density at radius 3 is 2.74 bits per heavy atom. The van der Waals surface area contributed by atoms with Crippen LogP contribution in [-0.2, 0) is 11.3 Å². The van der Waals surface area contributed by atoms with Crippen molar-refractivity contribution >= 4 is 16.9 Å². The molecule has 0 bridgehead atoms. The number of hydrogen-bond donors (Lipinski definition) is 0. The third-order valence-electron chi connectivity index (χ3n) is 5.22. The Morgan fingerprint density at radius 1 is 1.22 bits per heavy atom. The molecule has 7 heteroatoms. The first-order chi connectivity index (χ1) is 12.9. The molecule has 0 saturated carbocycles. The zero-order chi connectivity index (χ0) is 19.1. The summed E-state index contributed by atoms with van der Waals surface area (Å²) in [5.41, 5.74) is 3.71. The van der Waals surface area contributed by atoms with Crippen LogP contribution in [0, 0.1) is 20.8 Å². The highest BCUT2D eigenvalue weighted by Gasteiger charge is 2.29. The highest BCUT2D eigenvalue weighted by molar-refractivity contribution is 5.80. The lowest BCUT2D eigenvalue weighted by Crippen LogP contribution is -2.36. The van der Waals surface area contributed by atoms with Gasteiger partial charge in [0.1, 0.15) is 12.2 Å². The van der Waals surface area contributed by atoms with Crippen molar-refractivity contribution in [3.05, 3.63) is 57.8 Å². The molecule has 1 aliphatic rings. The Kier molecular flexibility index (Phi) is 4.30. The zero-order valence-electron chi connectivity index (χ0n) is 15.8. The van der Waals surface area contributed by atoms with Gasteiger partial charge in [-0.3, -0.25) is 18.8 Å². The first kappa shape index (κ1) is 17.5. The van der Waals surface area contributed by atoms with Crippen molar-refractivity contribution in [2.45, 2.75) is 39.8 Å². The highest BCUT2D eigenvalue weighted by Crippen LogP contribution is 2.23. The Morgan fingerprint density at radius 2 is 2.00 bits per heavy atom. The van der Waals surface area contributed by atoms with Gasteiger partial charge in [-0.25, -0.2) is 4.98 Å². The highest BCUT2D eigenvalue weighted by atomic mass is 16.2. The van der Waals surface area contributed by atoms with Crippen LogP contribution in [0.3, 0.4) is 0 Å². The van der Waals surface area contributed by atoms with E-state index in [1.165, 1.54) is 4.57 Å². The lowest BCUT2D eigenvalue weighted by molar-refractivity contribution is -0.130. The summed E-state index contributed by atoms with van der Waals surface area (Å²) < 4.78 is 3.55. The van der Waals surface area contributed by atoms with E-state index < -0.39 is 0 Å². The van der Waals surface area contributed by atoms with Gasteiger partial charge in [0.25, 0.3) is 5.56 Å². The number of fused-ring (bicyclic) bond motifs is 1. The number of carbonyl (C=O) groups is 1. The van der Waals surface area contributed by atoms with Crippen LogP contribution >= 0.6 is 0 Å². The minimum absolute atomic E-state index is 0.0343. The first-order valence-electron chi connectivity index (χ1n) is 9.21. The van der Waals surface area contributed by atoms with Crippen LogP contribution < -0.4 is 5.56 Å². The molecule has 1 amide bonds. The third-order valence-corrected chi connectivity index (χ3v) is 5.22. The van der Waals surface area contributed by atoms with E-state index >= 15 is 0 Å². The molecule has 1 fully saturated rings. The largest absolute Gasteiger partial charge is 0.339 e. The molecule has 0 spiro atoms. The molecule has 1 aromatic carbocycles. The summed E-state index contributed by atoms with van der Waals surface area (Å²) in [5.74, 6) is -0.0446. The summed E-state index contributed by atoms with van der Waals surface area (Å²) in [7, 11) is 0. The molecule has 4 rings (SSSR count). The third kappa shape index (κ3) is 3.13. The second-order valence-corrected chi connectivity index (χ2v) is 7.23. The number of para-hydroxylation sites is 2. The number of benzene rings is 1. The van der Waals surface area contributed by atoms with E-state index in [4.69, 9.17) is 0 Å². The molecule has 7 nitrogen and oxygen atoms in total. The maximum absolute atomic E-state index is 12.9. The minimum Gasteiger partial charge on any atom is -0.339 e. The van der Waals surface area contributed by atoms with Gasteiger partial charge in [-0.1, -0.05) is 12.1 Å². The average Bonchev–Trinajstić information content (AvgIpc) is 3.25. The fraction of sp³-hybridized carbons (Fsp3) is 0.400. The summed E-state index contributed by atoms with van der Waals surface area (Å²) in [4.78, 5) is 31.7. The molecule has 1 atom stereocenters. The van der Waals surface area contributed by atoms with Crippen molar-refractivity contribution in [1.29, 1.82) is 0 Å². The van der Waals surface area contributed by atoms with E-state index in [0.29, 0.717) is 24.3 Å². The van der Waals surface area contributed by atoms with Gasteiger partial charge in [0, 0.05) is 18.8 Å². The monoisotopic (exact) mass is 365 g/mol. The minimum atomic E-state index is -0.212. The molecule has 3 aromatic rings. The second-order valence-electron chi connectivity index (χ2n) is 7.23. The van der Waals surface area contributed by atoms with Gasteiger partial charge >= 0.3 is 0 Å². The van der Waals surface area contributed by atoms with Crippen LogP contribution in [0.4, 0.5) is 0 Å². The van der Waals surface area contributed by atoms with Crippen molar-refractivity contribution < 1.29 is 4.79 Å². The van der Waals surface area contributed by atoms with Crippen LogP contribution in [0.25, 0.3) is 11.0 Å². The van der Waals surface area contributed by atoms with Gasteiger partial charge in [0.15, 0.2) is 0 Å². The summed E-state index contributed by atoms with van der Waals surface area (Å²) in [5, 5.41) is 4.55. The molecule has 1 aliphatic heterocycles. The van der Waals surface area contributed by atoms with Gasteiger partial charge in [-0.15, -0.1) is 0 Å². The topological polar surface area (TPSA) is 73.0 Å². The predicted octanol–water partition coefficient (Wildman–Crippen LogP) is 1.99. The van der Waals surface area contributed by atoms with Crippen molar-refractivity contribution in [3.63, 3.8) is 0 Å². The number of likely N-dealkylation sites (tertiary alicyclic amines) is 1. The summed E-state index contributed by atoms with van der Waals surface area (Å²) in [6.45, 7) is 7.04. The molecular formula is C20H23N5O2. The SMILES string of the molecule is Cc1cc(C)n([C@H]2CCN(C(=O)Cn3c(=O)c(C)nc4ccccc43)C2)n1. The predicted molar refractivity (Wildman–Crippen MR) is 103 cm³/mol. The van der Waals surface area contributed by atoms with Gasteiger partial charge in [0.2, 0.25) is 5.91 Å². The number of rotatable bonds is 3. The van der Waals surface area contributed by atoms with Crippen LogP contribution in [-0.4, -0.2) is 43.2 Å². The van der Waals surface area contributed by atoms with E-state index in [1.807, 2.05) is 47.7 Å². The number of hydrogen-bond acceptors (Lipinski definition) is 4. The summed E-state index contributed by atoms with van der Waals surface area (Å²) in [6, 6.07) is 9.67. The fourth-order valence-electron chi connectivity index (χ4n) is 3.90. The average molecular weight is 365 g/mol. The van der Waals surface area contributed by atoms with Crippen LogP contribution in [0.1, 0.15) is 29.5 Å². The molecule has 0 aliphatic carbocycles. The number of aryl methyl sites for hydroxylation is 3. The maximum atomic E-state index is 12.9. The maximum Gasteiger partial charge on any atom is 0.272 e. The second kappa shape index (κ2) is 6.64. The van der Waals surface area contributed by atoms with E-state index in [1.54, 1.807) is 6.92 Å². The number of aromatic nitrogens is 4. The molecule has 27 heavy (non-hydrogen) atoms. The van der Waals surface area contributed by atoms with Gasteiger partial charge in [-0.05, 0) is 45.4 Å². The number of carbonyl (C=O) groups excluding carboxylic acids is 1. The standard InChI is InChI=1S/C20H23N5O2/c1-13-10-14(2)25(22-13)16-8-9-23(11-16)19(26)12-24-18-7-5-4-6-17(18)21-15(3)20(24)27/h4-7,10,16H,8-9,11-12H2,1-3H3/t16-/m0/s1. The molecule has 0 N–H and O–H groups in total. The van der Waals surface area contributed by atoms with Crippen molar-refractivity contribution in [2.24, 2.45) is 0 Å². The van der Waals surface area contributed by atoms with Crippen molar-refractivity contribution in [1.82, 2.24) is 24.2 Å². The van der Waals surface area contributed by atoms with Crippen LogP contribution in [0.2, 0.25) is 0 Å².